The molecule has 346 valence electrons. The van der Waals surface area contributed by atoms with E-state index < -0.39 is 29.8 Å². The van der Waals surface area contributed by atoms with Crippen molar-refractivity contribution in [1.82, 2.24) is 39.6 Å². The van der Waals surface area contributed by atoms with E-state index in [2.05, 4.69) is 44.1 Å². The SMILES string of the molecule is COC(=O)NC(C(=O)N1CCCC1c1ncc(-c2cc(F)c3c(c2)OC(c2ccc(C4CCCC4)s2)n2c-3cc3cc(-c4cnc(C5CCCN5C(=O)OC(C)(C)C)[nH]4)ccc32)[nH]1)C(C)C. The minimum atomic E-state index is -0.759. The first kappa shape index (κ1) is 43.7. The molecule has 0 bridgehead atoms. The molecule has 3 amide bonds. The lowest BCUT2D eigenvalue weighted by Gasteiger charge is -2.30. The molecule has 1 aliphatic carbocycles. The van der Waals surface area contributed by atoms with Gasteiger partial charge in [0.1, 0.15) is 34.9 Å². The van der Waals surface area contributed by atoms with Crippen molar-refractivity contribution in [1.29, 1.82) is 0 Å². The molecule has 3 aliphatic heterocycles. The Morgan fingerprint density at radius 2 is 1.52 bits per heavy atom. The van der Waals surface area contributed by atoms with Crippen LogP contribution in [0, 0.1) is 11.7 Å². The van der Waals surface area contributed by atoms with E-state index in [-0.39, 0.29) is 30.0 Å². The number of halogens is 1. The molecule has 3 fully saturated rings. The summed E-state index contributed by atoms with van der Waals surface area (Å²) in [6.45, 7) is 10.5. The van der Waals surface area contributed by atoms with Crippen LogP contribution in [0.3, 0.4) is 0 Å². The third-order valence-electron chi connectivity index (χ3n) is 13.5. The van der Waals surface area contributed by atoms with Crippen molar-refractivity contribution in [3.05, 3.63) is 88.1 Å². The second-order valence-electron chi connectivity index (χ2n) is 19.4. The quantitative estimate of drug-likeness (QED) is 0.129. The lowest BCUT2D eigenvalue weighted by Crippen LogP contribution is -2.51. The van der Waals surface area contributed by atoms with Gasteiger partial charge >= 0.3 is 12.2 Å². The average Bonchev–Trinajstić information content (AvgIpc) is 4.14. The van der Waals surface area contributed by atoms with Gasteiger partial charge in [0.05, 0.1) is 64.6 Å². The highest BCUT2D eigenvalue weighted by atomic mass is 32.1. The number of aromatic amines is 2. The highest BCUT2D eigenvalue weighted by molar-refractivity contribution is 7.12. The van der Waals surface area contributed by atoms with Crippen LogP contribution >= 0.6 is 11.3 Å². The topological polar surface area (TPSA) is 160 Å². The highest BCUT2D eigenvalue weighted by Gasteiger charge is 2.39. The number of likely N-dealkylation sites (tertiary alicyclic amines) is 2. The second kappa shape index (κ2) is 17.2. The van der Waals surface area contributed by atoms with Crippen LogP contribution in [0.4, 0.5) is 14.0 Å². The fourth-order valence-corrected chi connectivity index (χ4v) is 11.5. The van der Waals surface area contributed by atoms with Gasteiger partial charge in [0.15, 0.2) is 0 Å². The molecule has 3 N–H and O–H groups in total. The molecule has 4 aromatic heterocycles. The van der Waals surface area contributed by atoms with E-state index in [1.807, 2.05) is 59.0 Å². The van der Waals surface area contributed by atoms with E-state index in [1.54, 1.807) is 27.3 Å². The first-order chi connectivity index (χ1) is 31.7. The van der Waals surface area contributed by atoms with Gasteiger partial charge in [0.25, 0.3) is 0 Å². The van der Waals surface area contributed by atoms with Gasteiger partial charge in [0.2, 0.25) is 12.1 Å². The zero-order valence-electron chi connectivity index (χ0n) is 38.3. The Bertz CT molecular complexity index is 2810. The smallest absolute Gasteiger partial charge is 0.410 e. The number of benzene rings is 2. The van der Waals surface area contributed by atoms with Crippen molar-refractivity contribution in [2.45, 2.75) is 122 Å². The summed E-state index contributed by atoms with van der Waals surface area (Å²) in [6, 6.07) is 14.7. The number of aromatic nitrogens is 5. The third-order valence-corrected chi connectivity index (χ3v) is 14.8. The molecular formula is C50H57FN8O6S. The molecule has 2 saturated heterocycles. The van der Waals surface area contributed by atoms with Gasteiger partial charge in [-0.25, -0.2) is 23.9 Å². The Kier molecular flexibility index (Phi) is 11.4. The van der Waals surface area contributed by atoms with Crippen molar-refractivity contribution < 1.29 is 33.0 Å². The molecule has 4 unspecified atom stereocenters. The molecule has 1 saturated carbocycles. The number of fused-ring (bicyclic) bond motifs is 5. The number of rotatable bonds is 9. The van der Waals surface area contributed by atoms with Crippen molar-refractivity contribution in [3.8, 4) is 39.5 Å². The number of amides is 3. The van der Waals surface area contributed by atoms with Crippen LogP contribution in [0.1, 0.15) is 132 Å². The molecular weight excluding hydrogens is 860 g/mol. The number of alkyl carbamates (subject to hydrolysis) is 1. The van der Waals surface area contributed by atoms with E-state index in [0.717, 1.165) is 46.3 Å². The molecule has 10 rings (SSSR count). The Morgan fingerprint density at radius 3 is 2.20 bits per heavy atom. The number of carbonyl (C=O) groups excluding carboxylic acids is 3. The number of H-pyrrole nitrogens is 2. The second-order valence-corrected chi connectivity index (χ2v) is 20.6. The van der Waals surface area contributed by atoms with Crippen LogP contribution in [-0.2, 0) is 14.3 Å². The van der Waals surface area contributed by atoms with Crippen LogP contribution in [-0.4, -0.2) is 84.2 Å². The highest BCUT2D eigenvalue weighted by Crippen LogP contribution is 2.49. The zero-order valence-corrected chi connectivity index (χ0v) is 39.1. The number of imidazole rings is 2. The largest absolute Gasteiger partial charge is 0.464 e. The fraction of sp³-hybridized carbons (Fsp3) is 0.460. The maximum atomic E-state index is 16.9. The summed E-state index contributed by atoms with van der Waals surface area (Å²) in [4.78, 5) is 61.4. The van der Waals surface area contributed by atoms with Crippen LogP contribution < -0.4 is 10.1 Å². The van der Waals surface area contributed by atoms with Crippen molar-refractivity contribution in [2.24, 2.45) is 5.92 Å². The first-order valence-corrected chi connectivity index (χ1v) is 24.1. The van der Waals surface area contributed by atoms with Crippen molar-refractivity contribution >= 4 is 40.3 Å². The molecule has 14 nitrogen and oxygen atoms in total. The number of ether oxygens (including phenoxy) is 3. The van der Waals surface area contributed by atoms with Gasteiger partial charge < -0.3 is 34.4 Å². The predicted molar refractivity (Wildman–Crippen MR) is 250 cm³/mol. The molecule has 66 heavy (non-hydrogen) atoms. The molecule has 4 aliphatic rings. The number of carbonyl (C=O) groups is 3. The minimum absolute atomic E-state index is 0.164. The summed E-state index contributed by atoms with van der Waals surface area (Å²) < 4.78 is 36.5. The number of methoxy groups -OCH3 is 1. The van der Waals surface area contributed by atoms with Gasteiger partial charge in [0, 0.05) is 34.5 Å². The summed E-state index contributed by atoms with van der Waals surface area (Å²) in [7, 11) is 1.28. The van der Waals surface area contributed by atoms with Gasteiger partial charge in [-0.15, -0.1) is 11.3 Å². The van der Waals surface area contributed by atoms with Gasteiger partial charge in [-0.1, -0.05) is 32.8 Å². The monoisotopic (exact) mass is 916 g/mol. The number of hydrogen-bond donors (Lipinski definition) is 3. The molecule has 7 heterocycles. The standard InChI is InChI=1S/C50H57FN8O6S/c1-27(2)43(56-48(61)63-6)46(60)57-19-9-13-36(57)44-53-26-34(55-44)30-22-32(51)42-38-23-31-21-29(33-25-52-45(54-33)37-14-10-20-58(37)49(62)65-50(3,4)5)15-16-35(31)59(38)47(64-39(42)24-30)41-18-17-40(66-41)28-11-7-8-12-28/h15-18,21-28,36-37,43,47H,7-14,19-20H2,1-6H3,(H,52,54)(H,53,55)(H,56,61). The van der Waals surface area contributed by atoms with Crippen LogP contribution in [0.15, 0.2) is 60.9 Å². The number of thiophene rings is 1. The van der Waals surface area contributed by atoms with Crippen LogP contribution in [0.25, 0.3) is 44.7 Å². The van der Waals surface area contributed by atoms with E-state index >= 15 is 4.39 Å². The maximum absolute atomic E-state index is 16.9. The fourth-order valence-electron chi connectivity index (χ4n) is 10.3. The normalized spacial score (nSPS) is 20.2. The molecule has 16 heteroatoms. The molecule has 4 atom stereocenters. The van der Waals surface area contributed by atoms with Crippen LogP contribution in [0.5, 0.6) is 5.75 Å². The average molecular weight is 917 g/mol. The van der Waals surface area contributed by atoms with E-state index in [1.165, 1.54) is 43.7 Å². The Morgan fingerprint density at radius 1 is 0.848 bits per heavy atom. The minimum Gasteiger partial charge on any atom is -0.464 e. The number of hydrogen-bond acceptors (Lipinski definition) is 9. The number of nitrogens with zero attached hydrogens (tertiary/aromatic N) is 5. The van der Waals surface area contributed by atoms with Crippen LogP contribution in [0.2, 0.25) is 0 Å². The summed E-state index contributed by atoms with van der Waals surface area (Å²) >= 11 is 1.77. The maximum Gasteiger partial charge on any atom is 0.410 e. The summed E-state index contributed by atoms with van der Waals surface area (Å²) in [5, 5.41) is 3.62. The number of nitrogens with one attached hydrogen (secondary N) is 3. The van der Waals surface area contributed by atoms with Gasteiger partial charge in [-0.05, 0) is 114 Å². The van der Waals surface area contributed by atoms with E-state index in [4.69, 9.17) is 24.2 Å². The Labute approximate surface area is 387 Å². The first-order valence-electron chi connectivity index (χ1n) is 23.2. The van der Waals surface area contributed by atoms with Crippen molar-refractivity contribution in [3.63, 3.8) is 0 Å². The summed E-state index contributed by atoms with van der Waals surface area (Å²) in [5.74, 6) is 1.47. The Balaban J connectivity index is 0.984. The lowest BCUT2D eigenvalue weighted by atomic mass is 10.0. The Hall–Kier alpha value is -6.16. The third kappa shape index (κ3) is 8.11. The van der Waals surface area contributed by atoms with E-state index in [0.29, 0.717) is 65.3 Å². The van der Waals surface area contributed by atoms with Gasteiger partial charge in [-0.2, -0.15) is 0 Å². The molecule has 2 aromatic carbocycles. The molecule has 0 spiro atoms. The van der Waals surface area contributed by atoms with Crippen molar-refractivity contribution in [2.75, 3.05) is 20.2 Å². The van der Waals surface area contributed by atoms with Gasteiger partial charge in [-0.3, -0.25) is 14.3 Å². The molecule has 6 aromatic rings. The lowest BCUT2D eigenvalue weighted by molar-refractivity contribution is -0.135. The summed E-state index contributed by atoms with van der Waals surface area (Å²) in [5.41, 5.74) is 4.29. The molecule has 0 radical (unpaired) electrons. The summed E-state index contributed by atoms with van der Waals surface area (Å²) in [6.07, 6.45) is 9.88. The zero-order chi connectivity index (χ0) is 46.0. The van der Waals surface area contributed by atoms with E-state index in [9.17, 15) is 14.4 Å². The predicted octanol–water partition coefficient (Wildman–Crippen LogP) is 11.0.